The molecule has 0 aromatic rings. The van der Waals surface area contributed by atoms with Gasteiger partial charge >= 0.3 is 33.6 Å². The van der Waals surface area contributed by atoms with Gasteiger partial charge in [0, 0.05) is 19.3 Å². The van der Waals surface area contributed by atoms with E-state index in [0.717, 1.165) is 148 Å². The zero-order valence-corrected chi connectivity index (χ0v) is 78.4. The molecule has 0 saturated carbocycles. The van der Waals surface area contributed by atoms with Crippen LogP contribution in [-0.4, -0.2) is 95.9 Å². The first-order valence-corrected chi connectivity index (χ1v) is 51.4. The van der Waals surface area contributed by atoms with Crippen molar-refractivity contribution in [3.8, 4) is 0 Å². The number of esters is 3. The van der Waals surface area contributed by atoms with Crippen molar-refractivity contribution in [1.29, 1.82) is 0 Å². The van der Waals surface area contributed by atoms with Crippen molar-refractivity contribution in [2.24, 2.45) is 0 Å². The largest absolute Gasteiger partial charge is 0.472 e. The molecule has 121 heavy (non-hydrogen) atoms. The lowest BCUT2D eigenvalue weighted by Gasteiger charge is -2.21. The van der Waals surface area contributed by atoms with Gasteiger partial charge in [-0.1, -0.05) is 403 Å². The van der Waals surface area contributed by atoms with Crippen molar-refractivity contribution >= 4 is 33.6 Å². The highest BCUT2D eigenvalue weighted by molar-refractivity contribution is 7.47. The molecule has 5 unspecified atom stereocenters. The fourth-order valence-corrected chi connectivity index (χ4v) is 14.7. The van der Waals surface area contributed by atoms with Gasteiger partial charge in [-0.2, -0.15) is 0 Å². The van der Waals surface area contributed by atoms with Crippen LogP contribution in [0.15, 0.2) is 170 Å². The molecule has 0 amide bonds. The maximum atomic E-state index is 13.1. The van der Waals surface area contributed by atoms with E-state index in [0.29, 0.717) is 19.3 Å². The number of carbonyl (C=O) groups excluding carboxylic acids is 3. The normalized spacial score (nSPS) is 14.5. The summed E-state index contributed by atoms with van der Waals surface area (Å²) in [5.74, 6) is -1.60. The van der Waals surface area contributed by atoms with Gasteiger partial charge in [0.25, 0.3) is 0 Å². The highest BCUT2D eigenvalue weighted by atomic mass is 31.2. The second-order valence-electron chi connectivity index (χ2n) is 32.1. The molecular weight excluding hydrogens is 1560 g/mol. The van der Waals surface area contributed by atoms with E-state index >= 15 is 0 Å². The molecule has 0 aromatic heterocycles. The summed E-state index contributed by atoms with van der Waals surface area (Å²) >= 11 is 0. The Morgan fingerprint density at radius 2 is 0.438 bits per heavy atom. The predicted octanol–water partition coefficient (Wildman–Crippen LogP) is 30.2. The Morgan fingerprint density at radius 1 is 0.240 bits per heavy atom. The average molecular weight is 1730 g/mol. The van der Waals surface area contributed by atoms with Crippen LogP contribution in [0.4, 0.5) is 0 Å². The Hall–Kier alpha value is -5.09. The summed E-state index contributed by atoms with van der Waals surface area (Å²) < 4.78 is 61.5. The number of allylic oxidation sites excluding steroid dienone is 28. The Labute approximate surface area is 739 Å². The topological polar surface area (TPSA) is 231 Å². The second kappa shape index (κ2) is 94.1. The Balaban J connectivity index is 4.51. The molecule has 0 heterocycles. The van der Waals surface area contributed by atoms with Crippen LogP contribution >= 0.6 is 15.6 Å². The smallest absolute Gasteiger partial charge is 0.463 e. The molecular formula is C103H176O16P2. The number of rotatable bonds is 91. The SMILES string of the molecule is CC/C=C\C/C=C\C/C=C\C/C=C\C/C=C\CCCCCCCCCCCCCCCCCC(=O)OCC(COP(=O)(O)OCC(O)COP(=O)(O)OCC(O)COC(=O)CCCCCCCCCCCCCCCCCCCCC/C=C\C/C=C\C/C=C\C/C=C\CCCCC)OC(=O)CCCCC/C=C\C/C=C\C/C=C\C/C=C\C/C=C\CC. The Bertz CT molecular complexity index is 2880. The molecule has 0 rings (SSSR count). The van der Waals surface area contributed by atoms with Gasteiger partial charge in [0.2, 0.25) is 0 Å². The van der Waals surface area contributed by atoms with E-state index in [4.69, 9.17) is 32.3 Å². The molecule has 0 aliphatic carbocycles. The summed E-state index contributed by atoms with van der Waals surface area (Å²) in [6.07, 6.45) is 123. The monoisotopic (exact) mass is 1730 g/mol. The summed E-state index contributed by atoms with van der Waals surface area (Å²) in [7, 11) is -9.82. The first kappa shape index (κ1) is 116. The lowest BCUT2D eigenvalue weighted by atomic mass is 10.0. The predicted molar refractivity (Wildman–Crippen MR) is 509 cm³/mol. The van der Waals surface area contributed by atoms with Gasteiger partial charge in [-0.05, 0) is 154 Å². The number of hydrogen-bond acceptors (Lipinski definition) is 14. The molecule has 0 radical (unpaired) electrons. The van der Waals surface area contributed by atoms with Crippen LogP contribution in [0.5, 0.6) is 0 Å². The molecule has 694 valence electrons. The van der Waals surface area contributed by atoms with Crippen LogP contribution in [0.3, 0.4) is 0 Å². The molecule has 0 fully saturated rings. The number of aliphatic hydroxyl groups excluding tert-OH is 2. The summed E-state index contributed by atoms with van der Waals surface area (Å²) in [5.41, 5.74) is 0. The first-order chi connectivity index (χ1) is 59.2. The van der Waals surface area contributed by atoms with Crippen LogP contribution < -0.4 is 0 Å². The standard InChI is InChI=1S/C103H176O16P2/c1-4-7-10-13-16-19-22-25-28-31-34-36-38-40-42-44-46-47-48-49-51-53-54-56-58-60-63-65-68-71-74-77-80-83-86-89-101(106)113-92-98(104)93-115-120(109,110)116-94-99(105)95-117-121(111,112)118-97-100(119-103(108)91-88-85-82-79-76-73-70-67-62-33-30-27-24-21-18-15-12-9-6-3)96-114-102(107)90-87-84-81-78-75-72-69-66-64-61-59-57-55-52-50-45-43-41-39-37-35-32-29-26-23-20-17-14-11-8-5-2/h8-9,11-12,16-21,25-30,34-37,40-43,62,67,73,76,98-100,104-105H,4-7,10,13-15,22-24,31-33,38-39,44-61,63-66,68-72,74-75,77-97H2,1-3H3,(H,109,110)(H,111,112)/b11-8-,12-9-,19-16-,20-17-,21-18-,28-25-,29-26-,30-27-,36-34-,37-35-,42-40-,43-41-,67-62-,76-73-. The molecule has 16 nitrogen and oxygen atoms in total. The minimum absolute atomic E-state index is 0.0621. The van der Waals surface area contributed by atoms with Crippen molar-refractivity contribution in [2.75, 3.05) is 39.6 Å². The number of unbranched alkanes of at least 4 members (excludes halogenated alkanes) is 40. The minimum atomic E-state index is -4.95. The van der Waals surface area contributed by atoms with Gasteiger partial charge in [-0.3, -0.25) is 32.5 Å². The second-order valence-corrected chi connectivity index (χ2v) is 35.0. The summed E-state index contributed by atoms with van der Waals surface area (Å²) in [4.78, 5) is 59.0. The maximum Gasteiger partial charge on any atom is 0.472 e. The summed E-state index contributed by atoms with van der Waals surface area (Å²) in [6, 6.07) is 0. The molecule has 4 N–H and O–H groups in total. The molecule has 0 spiro atoms. The number of phosphoric ester groups is 2. The quantitative estimate of drug-likeness (QED) is 0.0146. The van der Waals surface area contributed by atoms with Gasteiger partial charge in [0.15, 0.2) is 6.10 Å². The number of carbonyl (C=O) groups is 3. The van der Waals surface area contributed by atoms with E-state index in [1.165, 1.54) is 199 Å². The third kappa shape index (κ3) is 95.4. The van der Waals surface area contributed by atoms with Crippen molar-refractivity contribution < 1.29 is 75.8 Å². The average Bonchev–Trinajstić information content (AvgIpc) is 0.900. The molecule has 5 atom stereocenters. The fourth-order valence-electron chi connectivity index (χ4n) is 13.1. The van der Waals surface area contributed by atoms with E-state index in [1.54, 1.807) is 0 Å². The highest BCUT2D eigenvalue weighted by Gasteiger charge is 2.30. The van der Waals surface area contributed by atoms with Crippen LogP contribution in [-0.2, 0) is 55.8 Å². The highest BCUT2D eigenvalue weighted by Crippen LogP contribution is 2.45. The van der Waals surface area contributed by atoms with E-state index in [-0.39, 0.29) is 19.3 Å². The zero-order chi connectivity index (χ0) is 87.9. The number of hydrogen-bond donors (Lipinski definition) is 4. The lowest BCUT2D eigenvalue weighted by Crippen LogP contribution is -2.30. The number of phosphoric acid groups is 2. The van der Waals surface area contributed by atoms with Crippen LogP contribution in [0, 0.1) is 0 Å². The zero-order valence-electron chi connectivity index (χ0n) is 76.6. The van der Waals surface area contributed by atoms with Gasteiger partial charge in [-0.25, -0.2) is 9.13 Å². The third-order valence-electron chi connectivity index (χ3n) is 20.4. The van der Waals surface area contributed by atoms with Crippen LogP contribution in [0.25, 0.3) is 0 Å². The van der Waals surface area contributed by atoms with Crippen molar-refractivity contribution in [3.63, 3.8) is 0 Å². The van der Waals surface area contributed by atoms with E-state index in [9.17, 15) is 43.5 Å². The van der Waals surface area contributed by atoms with Gasteiger partial charge < -0.3 is 34.2 Å². The van der Waals surface area contributed by atoms with E-state index < -0.39 is 91.5 Å². The Morgan fingerprint density at radius 3 is 0.702 bits per heavy atom. The molecule has 0 bridgehead atoms. The van der Waals surface area contributed by atoms with Gasteiger partial charge in [0.1, 0.15) is 25.4 Å². The summed E-state index contributed by atoms with van der Waals surface area (Å²) in [5, 5.41) is 20.8. The van der Waals surface area contributed by atoms with Crippen molar-refractivity contribution in [3.05, 3.63) is 170 Å². The van der Waals surface area contributed by atoms with Gasteiger partial charge in [-0.15, -0.1) is 0 Å². The first-order valence-electron chi connectivity index (χ1n) is 48.4. The van der Waals surface area contributed by atoms with Crippen LogP contribution in [0.1, 0.15) is 406 Å². The van der Waals surface area contributed by atoms with Crippen LogP contribution in [0.2, 0.25) is 0 Å². The van der Waals surface area contributed by atoms with Crippen molar-refractivity contribution in [2.45, 2.75) is 424 Å². The molecule has 0 saturated heterocycles. The van der Waals surface area contributed by atoms with E-state index in [2.05, 4.69) is 191 Å². The third-order valence-corrected chi connectivity index (χ3v) is 22.3. The van der Waals surface area contributed by atoms with E-state index in [1.807, 2.05) is 0 Å². The molecule has 0 aromatic carbocycles. The van der Waals surface area contributed by atoms with Crippen molar-refractivity contribution in [1.82, 2.24) is 0 Å². The summed E-state index contributed by atoms with van der Waals surface area (Å²) in [6.45, 7) is 2.44. The molecule has 0 aliphatic rings. The number of aliphatic hydroxyl groups is 2. The minimum Gasteiger partial charge on any atom is -0.463 e. The van der Waals surface area contributed by atoms with Gasteiger partial charge in [0.05, 0.1) is 26.4 Å². The number of ether oxygens (including phenoxy) is 3. The lowest BCUT2D eigenvalue weighted by molar-refractivity contribution is -0.161. The fraction of sp³-hybridized carbons (Fsp3) is 0.699. The maximum absolute atomic E-state index is 13.1. The Kier molecular flexibility index (Phi) is 90.1. The molecule has 18 heteroatoms. The molecule has 0 aliphatic heterocycles.